The number of allylic oxidation sites excluding steroid dienone is 10. The molecule has 5 heteroatoms. The van der Waals surface area contributed by atoms with Gasteiger partial charge in [0.25, 0.3) is 0 Å². The lowest BCUT2D eigenvalue weighted by Gasteiger charge is -2.42. The van der Waals surface area contributed by atoms with Crippen LogP contribution in [-0.4, -0.2) is 18.2 Å². The molecule has 0 bridgehead atoms. The first-order valence-corrected chi connectivity index (χ1v) is 18.7. The molecule has 0 unspecified atom stereocenters. The number of benzene rings is 1. The summed E-state index contributed by atoms with van der Waals surface area (Å²) in [6, 6.07) is 7.02. The molecule has 1 heterocycles. The molecule has 3 rings (SSSR count). The zero-order chi connectivity index (χ0) is 35.3. The van der Waals surface area contributed by atoms with Gasteiger partial charge in [-0.1, -0.05) is 97.6 Å². The first-order valence-electron chi connectivity index (χ1n) is 18.7. The molecule has 0 saturated heterocycles. The molecule has 1 aromatic carbocycles. The molecular weight excluding hydrogens is 593 g/mol. The Kier molecular flexibility index (Phi) is 15.4. The Bertz CT molecular complexity index is 1460. The van der Waals surface area contributed by atoms with Crippen molar-refractivity contribution in [2.45, 2.75) is 144 Å². The number of anilines is 1. The maximum absolute atomic E-state index is 15.0. The van der Waals surface area contributed by atoms with Crippen LogP contribution in [0.3, 0.4) is 0 Å². The average molecular weight is 656 g/mol. The summed E-state index contributed by atoms with van der Waals surface area (Å²) in [6.45, 7) is 18.8. The van der Waals surface area contributed by atoms with E-state index in [0.717, 1.165) is 97.5 Å². The Morgan fingerprint density at radius 2 is 1.71 bits per heavy atom. The van der Waals surface area contributed by atoms with E-state index in [1.54, 1.807) is 6.08 Å². The fourth-order valence-electron chi connectivity index (χ4n) is 7.36. The van der Waals surface area contributed by atoms with Gasteiger partial charge in [-0.25, -0.2) is 4.39 Å². The highest BCUT2D eigenvalue weighted by atomic mass is 19.1. The first-order chi connectivity index (χ1) is 23.2. The van der Waals surface area contributed by atoms with Crippen molar-refractivity contribution >= 4 is 23.4 Å². The van der Waals surface area contributed by atoms with Crippen LogP contribution in [0.4, 0.5) is 10.1 Å². The van der Waals surface area contributed by atoms with Gasteiger partial charge in [0.1, 0.15) is 5.83 Å². The van der Waals surface area contributed by atoms with Gasteiger partial charge in [0.15, 0.2) is 0 Å². The predicted octanol–water partition coefficient (Wildman–Crippen LogP) is 12.2. The minimum atomic E-state index is -0.434. The number of hydrogen-bond acceptors (Lipinski definition) is 3. The van der Waals surface area contributed by atoms with Crippen LogP contribution in [0.25, 0.3) is 5.57 Å². The summed E-state index contributed by atoms with van der Waals surface area (Å²) < 4.78 is 15.0. The maximum atomic E-state index is 15.0. The number of aliphatic imine (C=N–C) groups is 1. The fraction of sp³-hybridized carbons (Fsp3) is 0.535. The van der Waals surface area contributed by atoms with Crippen LogP contribution in [0.15, 0.2) is 88.1 Å². The lowest BCUT2D eigenvalue weighted by Crippen LogP contribution is -2.50. The van der Waals surface area contributed by atoms with E-state index in [4.69, 9.17) is 4.99 Å². The van der Waals surface area contributed by atoms with E-state index in [2.05, 4.69) is 75.2 Å². The van der Waals surface area contributed by atoms with Crippen molar-refractivity contribution < 1.29 is 9.18 Å². The van der Waals surface area contributed by atoms with E-state index in [9.17, 15) is 4.79 Å². The largest absolute Gasteiger partial charge is 0.356 e. The van der Waals surface area contributed by atoms with Crippen molar-refractivity contribution in [3.63, 3.8) is 0 Å². The maximum Gasteiger partial charge on any atom is 0.237 e. The quantitative estimate of drug-likeness (QED) is 0.126. The average Bonchev–Trinajstić information content (AvgIpc) is 3.28. The van der Waals surface area contributed by atoms with Crippen LogP contribution in [0.2, 0.25) is 0 Å². The summed E-state index contributed by atoms with van der Waals surface area (Å²) in [5.74, 6) is 0.730. The number of rotatable bonds is 18. The molecule has 2 aliphatic rings. The Labute approximate surface area is 291 Å². The number of amides is 1. The van der Waals surface area contributed by atoms with Crippen molar-refractivity contribution in [3.8, 4) is 0 Å². The van der Waals surface area contributed by atoms with Crippen LogP contribution in [0.5, 0.6) is 0 Å². The number of carbonyl (C=O) groups is 1. The van der Waals surface area contributed by atoms with E-state index in [1.165, 1.54) is 24.5 Å². The number of carbonyl (C=O) groups excluding carboxylic acids is 1. The molecular formula is C43H62FN3O. The zero-order valence-corrected chi connectivity index (χ0v) is 31.4. The van der Waals surface area contributed by atoms with Gasteiger partial charge in [-0.2, -0.15) is 0 Å². The SMILES string of the molecule is C\C=C/C(N/C(C)=C(C)/C(=C\C(=C\CC)c1ccc2c(c1)N(C1CC(CCC)C1)C(=O)C2(CCC)CCC)N=CCC)=C(F)\C=C\CC. The third-order valence-corrected chi connectivity index (χ3v) is 9.85. The second kappa shape index (κ2) is 18.9. The Morgan fingerprint density at radius 3 is 2.29 bits per heavy atom. The molecule has 0 atom stereocenters. The lowest BCUT2D eigenvalue weighted by atomic mass is 9.73. The van der Waals surface area contributed by atoms with E-state index in [1.807, 2.05) is 46.1 Å². The molecule has 0 radical (unpaired) electrons. The minimum Gasteiger partial charge on any atom is -0.356 e. The Hall–Kier alpha value is -3.47. The van der Waals surface area contributed by atoms with E-state index in [-0.39, 0.29) is 11.9 Å². The van der Waals surface area contributed by atoms with E-state index in [0.29, 0.717) is 11.6 Å². The summed E-state index contributed by atoms with van der Waals surface area (Å²) in [7, 11) is 0. The predicted molar refractivity (Wildman–Crippen MR) is 206 cm³/mol. The Balaban J connectivity index is 2.15. The second-order valence-corrected chi connectivity index (χ2v) is 13.5. The molecule has 0 spiro atoms. The smallest absolute Gasteiger partial charge is 0.237 e. The summed E-state index contributed by atoms with van der Waals surface area (Å²) in [5.41, 5.74) is 7.07. The lowest BCUT2D eigenvalue weighted by molar-refractivity contribution is -0.124. The van der Waals surface area contributed by atoms with Crippen molar-refractivity contribution in [1.82, 2.24) is 5.32 Å². The van der Waals surface area contributed by atoms with Crippen molar-refractivity contribution in [2.75, 3.05) is 4.90 Å². The highest BCUT2D eigenvalue weighted by Crippen LogP contribution is 2.52. The normalized spacial score (nSPS) is 20.9. The summed E-state index contributed by atoms with van der Waals surface area (Å²) in [5, 5.41) is 3.31. The zero-order valence-electron chi connectivity index (χ0n) is 31.4. The second-order valence-electron chi connectivity index (χ2n) is 13.5. The van der Waals surface area contributed by atoms with Gasteiger partial charge in [0.05, 0.1) is 16.8 Å². The molecule has 1 aliphatic carbocycles. The summed E-state index contributed by atoms with van der Waals surface area (Å²) >= 11 is 0. The molecule has 1 fully saturated rings. The molecule has 1 aromatic rings. The van der Waals surface area contributed by atoms with Crippen LogP contribution in [0.1, 0.15) is 144 Å². The molecule has 262 valence electrons. The summed E-state index contributed by atoms with van der Waals surface area (Å²) in [6.07, 6.45) is 24.0. The molecule has 1 N–H and O–H groups in total. The van der Waals surface area contributed by atoms with Gasteiger partial charge in [-0.05, 0) is 118 Å². The first kappa shape index (κ1) is 39.0. The topological polar surface area (TPSA) is 44.7 Å². The minimum absolute atomic E-state index is 0.281. The molecule has 1 aliphatic heterocycles. The molecule has 4 nitrogen and oxygen atoms in total. The number of hydrogen-bond donors (Lipinski definition) is 1. The van der Waals surface area contributed by atoms with E-state index < -0.39 is 5.41 Å². The van der Waals surface area contributed by atoms with Crippen LogP contribution < -0.4 is 10.2 Å². The molecule has 1 saturated carbocycles. The molecule has 1 amide bonds. The highest BCUT2D eigenvalue weighted by Gasteiger charge is 2.53. The van der Waals surface area contributed by atoms with Gasteiger partial charge < -0.3 is 10.2 Å². The van der Waals surface area contributed by atoms with Gasteiger partial charge in [0.2, 0.25) is 5.91 Å². The number of nitrogens with one attached hydrogen (secondary N) is 1. The monoisotopic (exact) mass is 655 g/mol. The van der Waals surface area contributed by atoms with Gasteiger partial charge >= 0.3 is 0 Å². The van der Waals surface area contributed by atoms with Gasteiger partial charge in [-0.15, -0.1) is 0 Å². The molecule has 48 heavy (non-hydrogen) atoms. The number of halogens is 1. The van der Waals surface area contributed by atoms with Crippen molar-refractivity contribution in [1.29, 1.82) is 0 Å². The fourth-order valence-corrected chi connectivity index (χ4v) is 7.36. The number of fused-ring (bicyclic) bond motifs is 1. The van der Waals surface area contributed by atoms with Gasteiger partial charge in [-0.3, -0.25) is 9.79 Å². The highest BCUT2D eigenvalue weighted by molar-refractivity contribution is 6.09. The third kappa shape index (κ3) is 8.95. The van der Waals surface area contributed by atoms with Crippen molar-refractivity contribution in [3.05, 3.63) is 94.3 Å². The van der Waals surface area contributed by atoms with Crippen LogP contribution in [-0.2, 0) is 10.2 Å². The number of nitrogens with zero attached hydrogens (tertiary/aromatic N) is 2. The molecule has 0 aromatic heterocycles. The third-order valence-electron chi connectivity index (χ3n) is 9.85. The van der Waals surface area contributed by atoms with Gasteiger partial charge in [0, 0.05) is 23.6 Å². The van der Waals surface area contributed by atoms with E-state index >= 15 is 4.39 Å². The summed E-state index contributed by atoms with van der Waals surface area (Å²) in [4.78, 5) is 21.6. The van der Waals surface area contributed by atoms with Crippen molar-refractivity contribution in [2.24, 2.45) is 10.9 Å². The Morgan fingerprint density at radius 1 is 1.00 bits per heavy atom. The van der Waals surface area contributed by atoms with Crippen LogP contribution >= 0.6 is 0 Å². The van der Waals surface area contributed by atoms with Crippen LogP contribution in [0, 0.1) is 5.92 Å². The standard InChI is InChI=1S/C43H62FN3O/c1-10-17-21-38(44)39(20-13-4)46-32(9)31(8)40(45-26-16-7)29-34(19-12-3)35-22-23-37-41(30-35)47(36-27-33(28-36)18-11-2)42(48)43(37,24-14-5)25-15-6/h13,17,19-23,26,29-30,33,36,46H,10-12,14-16,18,24-25,27-28H2,1-9H3/b20-13-,21-17+,32-31+,34-19-,39-38-,40-29+,45-26?.